The highest BCUT2D eigenvalue weighted by Gasteiger charge is 2.39. The molecule has 1 aromatic heterocycles. The van der Waals surface area contributed by atoms with Crippen LogP contribution in [0.1, 0.15) is 49.8 Å². The third-order valence-electron chi connectivity index (χ3n) is 5.34. The second kappa shape index (κ2) is 8.32. The first-order valence-corrected chi connectivity index (χ1v) is 11.0. The minimum atomic E-state index is -4.66. The molecule has 0 atom stereocenters. The summed E-state index contributed by atoms with van der Waals surface area (Å²) in [6, 6.07) is 3.06. The Morgan fingerprint density at radius 3 is 2.42 bits per heavy atom. The molecule has 3 N–H and O–H groups in total. The number of anilines is 2. The van der Waals surface area contributed by atoms with Gasteiger partial charge in [-0.05, 0) is 57.9 Å². The lowest BCUT2D eigenvalue weighted by Gasteiger charge is -2.33. The van der Waals surface area contributed by atoms with Crippen LogP contribution in [-0.2, 0) is 16.2 Å². The highest BCUT2D eigenvalue weighted by atomic mass is 32.2. The lowest BCUT2D eigenvalue weighted by atomic mass is 9.78. The van der Waals surface area contributed by atoms with Crippen molar-refractivity contribution in [1.82, 2.24) is 14.7 Å². The Labute approximate surface area is 177 Å². The largest absolute Gasteiger partial charge is 0.419 e. The van der Waals surface area contributed by atoms with E-state index < -0.39 is 39.1 Å². The summed E-state index contributed by atoms with van der Waals surface area (Å²) in [5, 5.41) is 12.6. The van der Waals surface area contributed by atoms with Crippen molar-refractivity contribution < 1.29 is 31.1 Å². The Morgan fingerprint density at radius 2 is 1.87 bits per heavy atom. The first kappa shape index (κ1) is 23.4. The number of hydrogen-bond acceptors (Lipinski definition) is 6. The number of benzene rings is 1. The average Bonchev–Trinajstić information content (AvgIpc) is 2.68. The molecule has 0 aliphatic heterocycles. The summed E-state index contributed by atoms with van der Waals surface area (Å²) in [6.45, 7) is 1.64. The maximum Gasteiger partial charge on any atom is 0.419 e. The van der Waals surface area contributed by atoms with Gasteiger partial charge < -0.3 is 10.4 Å². The second-order valence-electron chi connectivity index (χ2n) is 7.74. The van der Waals surface area contributed by atoms with Gasteiger partial charge in [0, 0.05) is 12.1 Å². The Bertz CT molecular complexity index is 1060. The van der Waals surface area contributed by atoms with Crippen LogP contribution in [0.25, 0.3) is 0 Å². The van der Waals surface area contributed by atoms with Crippen LogP contribution in [0, 0.1) is 5.82 Å². The fraction of sp³-hybridized carbons (Fsp3) is 0.474. The van der Waals surface area contributed by atoms with Crippen molar-refractivity contribution >= 4 is 21.7 Å². The maximum absolute atomic E-state index is 14.4. The molecule has 12 heteroatoms. The molecule has 0 bridgehead atoms. The van der Waals surface area contributed by atoms with Crippen LogP contribution in [0.4, 0.5) is 29.2 Å². The maximum atomic E-state index is 14.4. The highest BCUT2D eigenvalue weighted by Crippen LogP contribution is 2.42. The SMILES string of the molecule is CNS(=O)(=O)c1ccc(Nc2ncc(C(F)(F)F)c(C3CCC(C)(O)CC3)n2)c(F)c1. The van der Waals surface area contributed by atoms with Gasteiger partial charge in [0.05, 0.1) is 27.4 Å². The van der Waals surface area contributed by atoms with Crippen LogP contribution in [0.2, 0.25) is 0 Å². The molecule has 1 fully saturated rings. The summed E-state index contributed by atoms with van der Waals surface area (Å²) < 4.78 is 80.5. The molecule has 1 heterocycles. The summed E-state index contributed by atoms with van der Waals surface area (Å²) in [5.74, 6) is -1.72. The molecule has 1 aromatic carbocycles. The van der Waals surface area contributed by atoms with Gasteiger partial charge in [-0.3, -0.25) is 0 Å². The number of alkyl halides is 3. The van der Waals surface area contributed by atoms with Gasteiger partial charge in [-0.1, -0.05) is 0 Å². The predicted octanol–water partition coefficient (Wildman–Crippen LogP) is 3.69. The smallest absolute Gasteiger partial charge is 0.390 e. The zero-order valence-corrected chi connectivity index (χ0v) is 17.6. The van der Waals surface area contributed by atoms with Gasteiger partial charge in [-0.25, -0.2) is 27.5 Å². The van der Waals surface area contributed by atoms with Crippen molar-refractivity contribution in [2.24, 2.45) is 0 Å². The molecule has 3 rings (SSSR count). The number of hydrogen-bond donors (Lipinski definition) is 3. The fourth-order valence-electron chi connectivity index (χ4n) is 3.50. The summed E-state index contributed by atoms with van der Waals surface area (Å²) in [4.78, 5) is 7.37. The molecule has 0 spiro atoms. The van der Waals surface area contributed by atoms with Crippen molar-refractivity contribution in [2.75, 3.05) is 12.4 Å². The molecule has 170 valence electrons. The molecule has 0 radical (unpaired) electrons. The van der Waals surface area contributed by atoms with E-state index in [0.717, 1.165) is 18.2 Å². The van der Waals surface area contributed by atoms with Gasteiger partial charge >= 0.3 is 6.18 Å². The van der Waals surface area contributed by atoms with E-state index in [4.69, 9.17) is 0 Å². The molecule has 7 nitrogen and oxygen atoms in total. The van der Waals surface area contributed by atoms with Gasteiger partial charge in [-0.15, -0.1) is 0 Å². The summed E-state index contributed by atoms with van der Waals surface area (Å²) in [6.07, 6.45) is -2.72. The third kappa shape index (κ3) is 5.31. The summed E-state index contributed by atoms with van der Waals surface area (Å²) in [7, 11) is -2.68. The van der Waals surface area contributed by atoms with Crippen LogP contribution < -0.4 is 10.0 Å². The zero-order valence-electron chi connectivity index (χ0n) is 16.8. The van der Waals surface area contributed by atoms with E-state index in [2.05, 4.69) is 20.0 Å². The molecule has 1 aliphatic carbocycles. The fourth-order valence-corrected chi connectivity index (χ4v) is 4.24. The molecule has 1 aliphatic rings. The Hall–Kier alpha value is -2.31. The van der Waals surface area contributed by atoms with Crippen molar-refractivity contribution in [3.8, 4) is 0 Å². The van der Waals surface area contributed by atoms with Crippen LogP contribution >= 0.6 is 0 Å². The average molecular weight is 462 g/mol. The lowest BCUT2D eigenvalue weighted by Crippen LogP contribution is -2.30. The molecule has 0 saturated heterocycles. The van der Waals surface area contributed by atoms with Crippen molar-refractivity contribution in [1.29, 1.82) is 0 Å². The van der Waals surface area contributed by atoms with E-state index in [-0.39, 0.29) is 22.2 Å². The monoisotopic (exact) mass is 462 g/mol. The number of aromatic nitrogens is 2. The lowest BCUT2D eigenvalue weighted by molar-refractivity contribution is -0.139. The van der Waals surface area contributed by atoms with Crippen molar-refractivity contribution in [3.05, 3.63) is 41.5 Å². The standard InChI is InChI=1S/C19H22F4N4O3S/c1-18(28)7-5-11(6-8-18)16-13(19(21,22)23)10-25-17(27-16)26-15-4-3-12(9-14(15)20)31(29,30)24-2/h3-4,9-11,24,28H,5-8H2,1-2H3,(H,25,26,27). The first-order valence-electron chi connectivity index (χ1n) is 9.49. The molecule has 0 amide bonds. The van der Waals surface area contributed by atoms with E-state index in [9.17, 15) is 31.1 Å². The normalized spacial score (nSPS) is 22.4. The molecular formula is C19H22F4N4O3S. The highest BCUT2D eigenvalue weighted by molar-refractivity contribution is 7.89. The first-order chi connectivity index (χ1) is 14.3. The number of nitrogens with one attached hydrogen (secondary N) is 2. The zero-order chi connectivity index (χ0) is 23.0. The molecule has 0 unspecified atom stereocenters. The number of nitrogens with zero attached hydrogens (tertiary/aromatic N) is 2. The Balaban J connectivity index is 1.93. The minimum Gasteiger partial charge on any atom is -0.390 e. The summed E-state index contributed by atoms with van der Waals surface area (Å²) in [5.41, 5.74) is -2.30. The van der Waals surface area contributed by atoms with Gasteiger partial charge in [0.25, 0.3) is 0 Å². The van der Waals surface area contributed by atoms with Crippen LogP contribution in [-0.4, -0.2) is 36.1 Å². The van der Waals surface area contributed by atoms with E-state index in [0.29, 0.717) is 31.9 Å². The van der Waals surface area contributed by atoms with Gasteiger partial charge in [0.1, 0.15) is 5.82 Å². The van der Waals surface area contributed by atoms with Crippen LogP contribution in [0.5, 0.6) is 0 Å². The minimum absolute atomic E-state index is 0.188. The second-order valence-corrected chi connectivity index (χ2v) is 9.62. The van der Waals surface area contributed by atoms with E-state index in [1.807, 2.05) is 0 Å². The number of halogens is 4. The topological polar surface area (TPSA) is 104 Å². The Kier molecular flexibility index (Phi) is 6.27. The van der Waals surface area contributed by atoms with Gasteiger partial charge in [-0.2, -0.15) is 13.2 Å². The molecule has 2 aromatic rings. The molecule has 31 heavy (non-hydrogen) atoms. The molecular weight excluding hydrogens is 440 g/mol. The Morgan fingerprint density at radius 1 is 1.23 bits per heavy atom. The number of aliphatic hydroxyl groups is 1. The van der Waals surface area contributed by atoms with E-state index in [1.54, 1.807) is 6.92 Å². The van der Waals surface area contributed by atoms with Crippen molar-refractivity contribution in [2.45, 2.75) is 55.2 Å². The van der Waals surface area contributed by atoms with Gasteiger partial charge in [0.2, 0.25) is 16.0 Å². The number of sulfonamides is 1. The van der Waals surface area contributed by atoms with E-state index in [1.165, 1.54) is 7.05 Å². The van der Waals surface area contributed by atoms with Crippen LogP contribution in [0.15, 0.2) is 29.3 Å². The number of rotatable bonds is 5. The van der Waals surface area contributed by atoms with Crippen molar-refractivity contribution in [3.63, 3.8) is 0 Å². The quantitative estimate of drug-likeness (QED) is 0.586. The molecule has 1 saturated carbocycles. The summed E-state index contributed by atoms with van der Waals surface area (Å²) >= 11 is 0. The third-order valence-corrected chi connectivity index (χ3v) is 6.75. The van der Waals surface area contributed by atoms with E-state index >= 15 is 0 Å². The van der Waals surface area contributed by atoms with Gasteiger partial charge in [0.15, 0.2) is 0 Å². The predicted molar refractivity (Wildman–Crippen MR) is 105 cm³/mol. The van der Waals surface area contributed by atoms with Crippen LogP contribution in [0.3, 0.4) is 0 Å².